The molecule has 0 aliphatic heterocycles. The highest BCUT2D eigenvalue weighted by atomic mass is 16.5. The molecule has 0 atom stereocenters. The molecule has 0 N–H and O–H groups in total. The molecule has 17 heavy (non-hydrogen) atoms. The monoisotopic (exact) mass is 232 g/mol. The first kappa shape index (κ1) is 12.5. The van der Waals surface area contributed by atoms with Gasteiger partial charge in [0.1, 0.15) is 5.75 Å². The molecule has 1 aliphatic carbocycles. The van der Waals surface area contributed by atoms with Gasteiger partial charge in [-0.05, 0) is 48.8 Å². The van der Waals surface area contributed by atoms with Crippen LogP contribution in [0.4, 0.5) is 0 Å². The van der Waals surface area contributed by atoms with Gasteiger partial charge in [0.25, 0.3) is 0 Å². The lowest BCUT2D eigenvalue weighted by Gasteiger charge is -2.15. The fourth-order valence-corrected chi connectivity index (χ4v) is 2.65. The zero-order chi connectivity index (χ0) is 12.1. The largest absolute Gasteiger partial charge is 0.493 e. The second-order valence-electron chi connectivity index (χ2n) is 5.11. The van der Waals surface area contributed by atoms with E-state index in [0.29, 0.717) is 0 Å². The Kier molecular flexibility index (Phi) is 4.47. The van der Waals surface area contributed by atoms with Crippen molar-refractivity contribution in [3.8, 4) is 5.75 Å². The Morgan fingerprint density at radius 2 is 1.88 bits per heavy atom. The van der Waals surface area contributed by atoms with Gasteiger partial charge in [-0.1, -0.05) is 38.8 Å². The number of hydrogen-bond acceptors (Lipinski definition) is 1. The van der Waals surface area contributed by atoms with Crippen molar-refractivity contribution in [3.05, 3.63) is 29.3 Å². The molecular weight excluding hydrogens is 208 g/mol. The highest BCUT2D eigenvalue weighted by Gasteiger charge is 2.16. The van der Waals surface area contributed by atoms with Gasteiger partial charge in [-0.3, -0.25) is 0 Å². The quantitative estimate of drug-likeness (QED) is 0.732. The Labute approximate surface area is 105 Å². The minimum Gasteiger partial charge on any atom is -0.493 e. The Bertz CT molecular complexity index is 351. The topological polar surface area (TPSA) is 9.23 Å². The normalized spacial score (nSPS) is 16.4. The van der Waals surface area contributed by atoms with Gasteiger partial charge in [-0.15, -0.1) is 0 Å². The molecule has 0 unspecified atom stereocenters. The van der Waals surface area contributed by atoms with Crippen LogP contribution in [0.15, 0.2) is 18.2 Å². The smallest absolute Gasteiger partial charge is 0.122 e. The number of ether oxygens (including phenoxy) is 1. The third kappa shape index (κ3) is 3.24. The van der Waals surface area contributed by atoms with E-state index in [0.717, 1.165) is 31.1 Å². The maximum atomic E-state index is 6.01. The first-order chi connectivity index (χ1) is 8.33. The van der Waals surface area contributed by atoms with Crippen LogP contribution < -0.4 is 4.74 Å². The molecule has 1 aromatic rings. The second kappa shape index (κ2) is 6.09. The van der Waals surface area contributed by atoms with Crippen LogP contribution >= 0.6 is 0 Å². The summed E-state index contributed by atoms with van der Waals surface area (Å²) in [6, 6.07) is 6.65. The molecule has 1 nitrogen and oxygen atoms in total. The average molecular weight is 232 g/mol. The summed E-state index contributed by atoms with van der Waals surface area (Å²) in [4.78, 5) is 0. The predicted octanol–water partition coefficient (Wildman–Crippen LogP) is 4.38. The van der Waals surface area contributed by atoms with Gasteiger partial charge in [-0.25, -0.2) is 0 Å². The molecule has 0 heterocycles. The van der Waals surface area contributed by atoms with Crippen LogP contribution in [-0.2, 0) is 12.8 Å². The number of hydrogen-bond donors (Lipinski definition) is 0. The van der Waals surface area contributed by atoms with Crippen molar-refractivity contribution in [2.45, 2.75) is 52.4 Å². The summed E-state index contributed by atoms with van der Waals surface area (Å²) in [6.07, 6.45) is 7.67. The lowest BCUT2D eigenvalue weighted by molar-refractivity contribution is 0.250. The van der Waals surface area contributed by atoms with E-state index in [2.05, 4.69) is 32.0 Å². The fraction of sp³-hybridized carbons (Fsp3) is 0.625. The van der Waals surface area contributed by atoms with Crippen LogP contribution in [0, 0.1) is 5.92 Å². The van der Waals surface area contributed by atoms with Gasteiger partial charge in [-0.2, -0.15) is 0 Å². The highest BCUT2D eigenvalue weighted by Crippen LogP contribution is 2.27. The van der Waals surface area contributed by atoms with Gasteiger partial charge in [0.2, 0.25) is 0 Å². The van der Waals surface area contributed by atoms with E-state index in [1.807, 2.05) is 0 Å². The molecule has 1 saturated carbocycles. The van der Waals surface area contributed by atoms with Crippen LogP contribution in [0.5, 0.6) is 5.75 Å². The van der Waals surface area contributed by atoms with Crippen LogP contribution in [0.1, 0.15) is 50.7 Å². The van der Waals surface area contributed by atoms with Crippen molar-refractivity contribution < 1.29 is 4.74 Å². The SMILES string of the molecule is CCc1ccc(OCC2CCCC2)c(CC)c1. The summed E-state index contributed by atoms with van der Waals surface area (Å²) < 4.78 is 6.01. The molecule has 0 saturated heterocycles. The molecule has 0 radical (unpaired) electrons. The standard InChI is InChI=1S/C16H24O/c1-3-13-9-10-16(15(4-2)11-13)17-12-14-7-5-6-8-14/h9-11,14H,3-8,12H2,1-2H3. The molecule has 1 fully saturated rings. The van der Waals surface area contributed by atoms with Gasteiger partial charge >= 0.3 is 0 Å². The van der Waals surface area contributed by atoms with Gasteiger partial charge in [0, 0.05) is 0 Å². The molecule has 0 bridgehead atoms. The molecule has 1 aromatic carbocycles. The fourth-order valence-electron chi connectivity index (χ4n) is 2.65. The van der Waals surface area contributed by atoms with E-state index < -0.39 is 0 Å². The van der Waals surface area contributed by atoms with Crippen LogP contribution in [0.2, 0.25) is 0 Å². The lowest BCUT2D eigenvalue weighted by atomic mass is 10.1. The molecule has 1 heteroatoms. The Hall–Kier alpha value is -0.980. The van der Waals surface area contributed by atoms with E-state index >= 15 is 0 Å². The lowest BCUT2D eigenvalue weighted by Crippen LogP contribution is -2.09. The Balaban J connectivity index is 1.98. The first-order valence-corrected chi connectivity index (χ1v) is 7.08. The van der Waals surface area contributed by atoms with Crippen molar-refractivity contribution in [2.24, 2.45) is 5.92 Å². The molecule has 94 valence electrons. The van der Waals surface area contributed by atoms with Crippen molar-refractivity contribution >= 4 is 0 Å². The van der Waals surface area contributed by atoms with Crippen molar-refractivity contribution in [2.75, 3.05) is 6.61 Å². The minimum atomic E-state index is 0.797. The second-order valence-corrected chi connectivity index (χ2v) is 5.11. The Morgan fingerprint density at radius 1 is 1.12 bits per heavy atom. The van der Waals surface area contributed by atoms with Crippen molar-refractivity contribution in [3.63, 3.8) is 0 Å². The minimum absolute atomic E-state index is 0.797. The van der Waals surface area contributed by atoms with Crippen molar-refractivity contribution in [1.29, 1.82) is 0 Å². The van der Waals surface area contributed by atoms with E-state index in [1.165, 1.54) is 36.8 Å². The van der Waals surface area contributed by atoms with Gasteiger partial charge in [0.15, 0.2) is 0 Å². The molecule has 0 spiro atoms. The molecule has 0 aromatic heterocycles. The number of aryl methyl sites for hydroxylation is 2. The predicted molar refractivity (Wildman–Crippen MR) is 72.7 cm³/mol. The zero-order valence-electron chi connectivity index (χ0n) is 11.2. The van der Waals surface area contributed by atoms with Crippen LogP contribution in [-0.4, -0.2) is 6.61 Å². The molecule has 0 amide bonds. The molecule has 2 rings (SSSR count). The summed E-state index contributed by atoms with van der Waals surface area (Å²) >= 11 is 0. The van der Waals surface area contributed by atoms with Crippen LogP contribution in [0.3, 0.4) is 0 Å². The summed E-state index contributed by atoms with van der Waals surface area (Å²) in [5, 5.41) is 0. The maximum absolute atomic E-state index is 6.01. The van der Waals surface area contributed by atoms with E-state index in [1.54, 1.807) is 0 Å². The van der Waals surface area contributed by atoms with E-state index in [4.69, 9.17) is 4.74 Å². The number of benzene rings is 1. The third-order valence-electron chi connectivity index (χ3n) is 3.86. The van der Waals surface area contributed by atoms with E-state index in [9.17, 15) is 0 Å². The van der Waals surface area contributed by atoms with Gasteiger partial charge in [0.05, 0.1) is 6.61 Å². The van der Waals surface area contributed by atoms with Crippen LogP contribution in [0.25, 0.3) is 0 Å². The zero-order valence-corrected chi connectivity index (χ0v) is 11.2. The van der Waals surface area contributed by atoms with Crippen molar-refractivity contribution in [1.82, 2.24) is 0 Å². The van der Waals surface area contributed by atoms with E-state index in [-0.39, 0.29) is 0 Å². The average Bonchev–Trinajstić information content (AvgIpc) is 2.89. The first-order valence-electron chi connectivity index (χ1n) is 7.08. The summed E-state index contributed by atoms with van der Waals surface area (Å²) in [5.74, 6) is 1.90. The third-order valence-corrected chi connectivity index (χ3v) is 3.86. The molecule has 1 aliphatic rings. The number of rotatable bonds is 5. The van der Waals surface area contributed by atoms with Gasteiger partial charge < -0.3 is 4.74 Å². The summed E-state index contributed by atoms with van der Waals surface area (Å²) in [5.41, 5.74) is 2.78. The Morgan fingerprint density at radius 3 is 2.53 bits per heavy atom. The highest BCUT2D eigenvalue weighted by molar-refractivity contribution is 5.37. The summed E-state index contributed by atoms with van der Waals surface area (Å²) in [7, 11) is 0. The maximum Gasteiger partial charge on any atom is 0.122 e. The summed E-state index contributed by atoms with van der Waals surface area (Å²) in [6.45, 7) is 5.32. The molecular formula is C16H24O.